The van der Waals surface area contributed by atoms with Crippen molar-refractivity contribution in [1.29, 1.82) is 0 Å². The number of benzene rings is 1. The van der Waals surface area contributed by atoms with Gasteiger partial charge in [-0.3, -0.25) is 0 Å². The fourth-order valence-electron chi connectivity index (χ4n) is 3.78. The summed E-state index contributed by atoms with van der Waals surface area (Å²) in [5.41, 5.74) is 0.965. The number of aromatic nitrogens is 3. The maximum atomic E-state index is 11.8. The Bertz CT molecular complexity index is 861. The Kier molecular flexibility index (Phi) is 5.07. The monoisotopic (exact) mass is 393 g/mol. The molecule has 2 heterocycles. The highest BCUT2D eigenvalue weighted by molar-refractivity contribution is 8.01. The van der Waals surface area contributed by atoms with Crippen molar-refractivity contribution in [1.82, 2.24) is 14.8 Å². The molecule has 8 heteroatoms. The zero-order valence-corrected chi connectivity index (χ0v) is 16.1. The van der Waals surface area contributed by atoms with Crippen LogP contribution in [0.4, 0.5) is 0 Å². The fourth-order valence-corrected chi connectivity index (χ4v) is 7.21. The number of para-hydroxylation sites is 1. The summed E-state index contributed by atoms with van der Waals surface area (Å²) in [5.74, 6) is 1.15. The van der Waals surface area contributed by atoms with E-state index in [-0.39, 0.29) is 11.5 Å². The smallest absolute Gasteiger partial charge is 0.209 e. The van der Waals surface area contributed by atoms with Gasteiger partial charge in [0, 0.05) is 5.92 Å². The molecule has 1 aliphatic heterocycles. The molecule has 0 bridgehead atoms. The lowest BCUT2D eigenvalue weighted by molar-refractivity contribution is 0.207. The van der Waals surface area contributed by atoms with Crippen molar-refractivity contribution in [3.8, 4) is 5.69 Å². The van der Waals surface area contributed by atoms with Crippen LogP contribution in [0.2, 0.25) is 0 Å². The summed E-state index contributed by atoms with van der Waals surface area (Å²) < 4.78 is 25.4. The Hall–Kier alpha value is -1.38. The number of aliphatic hydroxyl groups is 1. The molecule has 2 aliphatic rings. The van der Waals surface area contributed by atoms with Crippen LogP contribution >= 0.6 is 11.8 Å². The Morgan fingerprint density at radius 3 is 2.46 bits per heavy atom. The van der Waals surface area contributed by atoms with Crippen LogP contribution < -0.4 is 0 Å². The molecule has 1 saturated carbocycles. The maximum Gasteiger partial charge on any atom is 0.209 e. The molecule has 1 saturated heterocycles. The van der Waals surface area contributed by atoms with E-state index in [4.69, 9.17) is 4.98 Å². The van der Waals surface area contributed by atoms with Gasteiger partial charge in [0.1, 0.15) is 5.82 Å². The third kappa shape index (κ3) is 3.82. The minimum absolute atomic E-state index is 0.0164. The predicted molar refractivity (Wildman–Crippen MR) is 101 cm³/mol. The lowest BCUT2D eigenvalue weighted by Crippen LogP contribution is -2.20. The van der Waals surface area contributed by atoms with Crippen molar-refractivity contribution in [2.45, 2.75) is 54.5 Å². The quantitative estimate of drug-likeness (QED) is 0.859. The van der Waals surface area contributed by atoms with Crippen molar-refractivity contribution in [2.75, 3.05) is 11.5 Å². The van der Waals surface area contributed by atoms with Gasteiger partial charge < -0.3 is 5.11 Å². The third-order valence-corrected chi connectivity index (χ3v) is 8.21. The van der Waals surface area contributed by atoms with Gasteiger partial charge in [-0.15, -0.1) is 5.10 Å². The second-order valence-corrected chi connectivity index (χ2v) is 10.5. The second-order valence-electron chi connectivity index (χ2n) is 7.14. The van der Waals surface area contributed by atoms with Gasteiger partial charge in [-0.1, -0.05) is 49.2 Å². The number of sulfone groups is 1. The van der Waals surface area contributed by atoms with Crippen LogP contribution in [0.5, 0.6) is 0 Å². The molecule has 4 rings (SSSR count). The van der Waals surface area contributed by atoms with E-state index < -0.39 is 21.2 Å². The minimum Gasteiger partial charge on any atom is -0.391 e. The van der Waals surface area contributed by atoms with Crippen LogP contribution in [-0.2, 0) is 9.84 Å². The second kappa shape index (κ2) is 7.32. The van der Waals surface area contributed by atoms with Gasteiger partial charge in [0.15, 0.2) is 9.84 Å². The van der Waals surface area contributed by atoms with Crippen molar-refractivity contribution in [3.05, 3.63) is 36.2 Å². The van der Waals surface area contributed by atoms with Gasteiger partial charge in [0.2, 0.25) is 5.16 Å². The standard InChI is InChI=1S/C18H23N3O3S2/c22-15-11-26(23,24)12-16(15)25-18-19-17(13-7-3-1-4-8-13)21(20-18)14-9-5-2-6-10-14/h2,5-6,9-10,13,15-16,22H,1,3-4,7-8,11-12H2/t15-,16+/m0/s1. The molecule has 0 unspecified atom stereocenters. The molecule has 1 N–H and O–H groups in total. The number of thioether (sulfide) groups is 1. The van der Waals surface area contributed by atoms with E-state index in [9.17, 15) is 13.5 Å². The zero-order valence-electron chi connectivity index (χ0n) is 14.5. The Labute approximate surface area is 157 Å². The average Bonchev–Trinajstić information content (AvgIpc) is 3.17. The fraction of sp³-hybridized carbons (Fsp3) is 0.556. The predicted octanol–water partition coefficient (Wildman–Crippen LogP) is 2.57. The first-order chi connectivity index (χ1) is 12.5. The number of rotatable bonds is 4. The van der Waals surface area contributed by atoms with Gasteiger partial charge in [0.05, 0.1) is 28.5 Å². The highest BCUT2D eigenvalue weighted by atomic mass is 32.2. The van der Waals surface area contributed by atoms with Gasteiger partial charge >= 0.3 is 0 Å². The molecule has 26 heavy (non-hydrogen) atoms. The SMILES string of the molecule is O=S1(=O)C[C@H](O)[C@H](Sc2nc(C3CCCCC3)n(-c3ccccc3)n2)C1. The van der Waals surface area contributed by atoms with Crippen LogP contribution in [0.15, 0.2) is 35.5 Å². The lowest BCUT2D eigenvalue weighted by atomic mass is 9.88. The minimum atomic E-state index is -3.17. The van der Waals surface area contributed by atoms with Crippen LogP contribution in [0, 0.1) is 0 Å². The molecule has 6 nitrogen and oxygen atoms in total. The normalized spacial score (nSPS) is 26.2. The first kappa shape index (κ1) is 18.0. The first-order valence-electron chi connectivity index (χ1n) is 9.09. The van der Waals surface area contributed by atoms with E-state index >= 15 is 0 Å². The van der Waals surface area contributed by atoms with E-state index in [0.717, 1.165) is 24.4 Å². The Morgan fingerprint density at radius 1 is 1.08 bits per heavy atom. The third-order valence-electron chi connectivity index (χ3n) is 5.11. The summed E-state index contributed by atoms with van der Waals surface area (Å²) in [6, 6.07) is 9.92. The van der Waals surface area contributed by atoms with Gasteiger partial charge in [0.25, 0.3) is 0 Å². The molecule has 1 aromatic carbocycles. The first-order valence-corrected chi connectivity index (χ1v) is 11.8. The number of nitrogens with zero attached hydrogens (tertiary/aromatic N) is 3. The summed E-state index contributed by atoms with van der Waals surface area (Å²) in [6.07, 6.45) is 5.03. The van der Waals surface area contributed by atoms with Crippen LogP contribution in [0.1, 0.15) is 43.8 Å². The van der Waals surface area contributed by atoms with E-state index in [0.29, 0.717) is 11.1 Å². The molecule has 2 fully saturated rings. The molecule has 0 spiro atoms. The summed E-state index contributed by atoms with van der Waals surface area (Å²) in [6.45, 7) is 0. The van der Waals surface area contributed by atoms with Crippen molar-refractivity contribution in [2.24, 2.45) is 0 Å². The van der Waals surface area contributed by atoms with E-state index in [1.165, 1.54) is 31.0 Å². The van der Waals surface area contributed by atoms with Gasteiger partial charge in [-0.2, -0.15) is 0 Å². The summed E-state index contributed by atoms with van der Waals surface area (Å²) >= 11 is 1.28. The number of aliphatic hydroxyl groups excluding tert-OH is 1. The van der Waals surface area contributed by atoms with Crippen LogP contribution in [0.25, 0.3) is 5.69 Å². The molecule has 0 amide bonds. The summed E-state index contributed by atoms with van der Waals surface area (Å²) in [7, 11) is -3.17. The molecule has 2 atom stereocenters. The van der Waals surface area contributed by atoms with Gasteiger partial charge in [-0.05, 0) is 25.0 Å². The van der Waals surface area contributed by atoms with E-state index in [2.05, 4.69) is 5.10 Å². The maximum absolute atomic E-state index is 11.8. The number of hydrogen-bond donors (Lipinski definition) is 1. The largest absolute Gasteiger partial charge is 0.391 e. The number of hydrogen-bond acceptors (Lipinski definition) is 6. The average molecular weight is 394 g/mol. The Morgan fingerprint density at radius 2 is 1.81 bits per heavy atom. The van der Waals surface area contributed by atoms with E-state index in [1.54, 1.807) is 0 Å². The van der Waals surface area contributed by atoms with Gasteiger partial charge in [-0.25, -0.2) is 18.1 Å². The van der Waals surface area contributed by atoms with Crippen molar-refractivity contribution < 1.29 is 13.5 Å². The molecular formula is C18H23N3O3S2. The molecule has 1 aromatic heterocycles. The van der Waals surface area contributed by atoms with Crippen molar-refractivity contribution in [3.63, 3.8) is 0 Å². The molecular weight excluding hydrogens is 370 g/mol. The van der Waals surface area contributed by atoms with Crippen molar-refractivity contribution >= 4 is 21.6 Å². The molecule has 0 radical (unpaired) electrons. The van der Waals surface area contributed by atoms with Crippen LogP contribution in [-0.4, -0.2) is 51.1 Å². The molecule has 1 aliphatic carbocycles. The summed E-state index contributed by atoms with van der Waals surface area (Å²) in [4.78, 5) is 4.76. The van der Waals surface area contributed by atoms with Crippen LogP contribution in [0.3, 0.4) is 0 Å². The van der Waals surface area contributed by atoms with E-state index in [1.807, 2.05) is 35.0 Å². The highest BCUT2D eigenvalue weighted by Gasteiger charge is 2.38. The highest BCUT2D eigenvalue weighted by Crippen LogP contribution is 2.35. The zero-order chi connectivity index (χ0) is 18.1. The molecule has 2 aromatic rings. The topological polar surface area (TPSA) is 85.1 Å². The Balaban J connectivity index is 1.65. The lowest BCUT2D eigenvalue weighted by Gasteiger charge is -2.21. The summed E-state index contributed by atoms with van der Waals surface area (Å²) in [5, 5.41) is 14.9. The molecule has 140 valence electrons.